The van der Waals surface area contributed by atoms with E-state index in [1.807, 2.05) is 6.92 Å². The monoisotopic (exact) mass is 182 g/mol. The van der Waals surface area contributed by atoms with E-state index in [1.165, 1.54) is 0 Å². The van der Waals surface area contributed by atoms with Crippen LogP contribution in [0.1, 0.15) is 19.8 Å². The number of rotatable bonds is 1. The maximum absolute atomic E-state index is 11.3. The highest BCUT2D eigenvalue weighted by atomic mass is 16.2. The topological polar surface area (TPSA) is 75.3 Å². The second-order valence-electron chi connectivity index (χ2n) is 3.89. The van der Waals surface area contributed by atoms with Gasteiger partial charge in [-0.15, -0.1) is 0 Å². The van der Waals surface area contributed by atoms with Crippen molar-refractivity contribution in [2.45, 2.75) is 19.8 Å². The van der Waals surface area contributed by atoms with Crippen molar-refractivity contribution >= 4 is 17.8 Å². The van der Waals surface area contributed by atoms with Crippen molar-refractivity contribution in [1.29, 1.82) is 0 Å². The Morgan fingerprint density at radius 2 is 1.62 bits per heavy atom. The summed E-state index contributed by atoms with van der Waals surface area (Å²) in [6.07, 6.45) is 1.74. The van der Waals surface area contributed by atoms with Crippen molar-refractivity contribution in [3.05, 3.63) is 0 Å². The fourth-order valence-corrected chi connectivity index (χ4v) is 1.64. The molecule has 0 unspecified atom stereocenters. The van der Waals surface area contributed by atoms with E-state index in [0.717, 1.165) is 12.8 Å². The van der Waals surface area contributed by atoms with Crippen LogP contribution in [0.3, 0.4) is 0 Å². The second kappa shape index (κ2) is 2.31. The van der Waals surface area contributed by atoms with E-state index in [-0.39, 0.29) is 5.41 Å². The Bertz CT molecular complexity index is 287. The third kappa shape index (κ3) is 1.20. The first kappa shape index (κ1) is 8.22. The summed E-state index contributed by atoms with van der Waals surface area (Å²) in [7, 11) is 0. The molecule has 0 aromatic heterocycles. The first-order valence-corrected chi connectivity index (χ1v) is 4.19. The van der Waals surface area contributed by atoms with Crippen molar-refractivity contribution in [2.75, 3.05) is 0 Å². The highest BCUT2D eigenvalue weighted by molar-refractivity contribution is 6.16. The van der Waals surface area contributed by atoms with Crippen molar-refractivity contribution < 1.29 is 14.4 Å². The van der Waals surface area contributed by atoms with Crippen LogP contribution in [0.2, 0.25) is 0 Å². The van der Waals surface area contributed by atoms with Gasteiger partial charge < -0.3 is 0 Å². The van der Waals surface area contributed by atoms with E-state index in [0.29, 0.717) is 0 Å². The average Bonchev–Trinajstić information content (AvgIpc) is 2.65. The maximum atomic E-state index is 11.3. The molecule has 5 heteroatoms. The lowest BCUT2D eigenvalue weighted by molar-refractivity contribution is -0.138. The van der Waals surface area contributed by atoms with Crippen LogP contribution >= 0.6 is 0 Å². The molecular formula is C8H10N2O3. The minimum absolute atomic E-state index is 0.227. The molecule has 2 aliphatic rings. The number of nitrogens with one attached hydrogen (secondary N) is 2. The predicted octanol–water partition coefficient (Wildman–Crippen LogP) is -0.231. The third-order valence-corrected chi connectivity index (χ3v) is 2.73. The standard InChI is InChI=1S/C8H10N2O3/c1-8(2-3-8)4-5(11)9-7(13)10-6(4)12/h4H,2-3H2,1H3,(H2,9,10,11,12,13). The highest BCUT2D eigenvalue weighted by Crippen LogP contribution is 2.52. The van der Waals surface area contributed by atoms with Gasteiger partial charge in [0.25, 0.3) is 0 Å². The molecule has 2 rings (SSSR count). The van der Waals surface area contributed by atoms with Gasteiger partial charge in [-0.3, -0.25) is 20.2 Å². The molecule has 0 aromatic rings. The molecule has 1 saturated carbocycles. The van der Waals surface area contributed by atoms with E-state index >= 15 is 0 Å². The number of hydrogen-bond acceptors (Lipinski definition) is 3. The van der Waals surface area contributed by atoms with Gasteiger partial charge in [-0.05, 0) is 18.3 Å². The summed E-state index contributed by atoms with van der Waals surface area (Å²) < 4.78 is 0. The van der Waals surface area contributed by atoms with Gasteiger partial charge >= 0.3 is 6.03 Å². The molecule has 0 radical (unpaired) electrons. The van der Waals surface area contributed by atoms with E-state index in [1.54, 1.807) is 0 Å². The summed E-state index contributed by atoms with van der Waals surface area (Å²) in [5.41, 5.74) is -0.227. The number of imide groups is 2. The normalized spacial score (nSPS) is 26.7. The number of urea groups is 1. The Balaban J connectivity index is 2.22. The molecular weight excluding hydrogens is 172 g/mol. The molecule has 1 aliphatic carbocycles. The predicted molar refractivity (Wildman–Crippen MR) is 42.5 cm³/mol. The molecule has 1 heterocycles. The fourth-order valence-electron chi connectivity index (χ4n) is 1.64. The lowest BCUT2D eigenvalue weighted by Gasteiger charge is -2.24. The van der Waals surface area contributed by atoms with Gasteiger partial charge in [0.05, 0.1) is 0 Å². The van der Waals surface area contributed by atoms with Crippen LogP contribution in [-0.2, 0) is 9.59 Å². The number of barbiturate groups is 1. The Hall–Kier alpha value is -1.39. The van der Waals surface area contributed by atoms with Gasteiger partial charge in [0.1, 0.15) is 5.92 Å². The van der Waals surface area contributed by atoms with Crippen molar-refractivity contribution in [1.82, 2.24) is 10.6 Å². The van der Waals surface area contributed by atoms with Crippen LogP contribution in [0, 0.1) is 11.3 Å². The van der Waals surface area contributed by atoms with Gasteiger partial charge in [0, 0.05) is 0 Å². The fraction of sp³-hybridized carbons (Fsp3) is 0.625. The molecule has 0 bridgehead atoms. The molecule has 70 valence electrons. The summed E-state index contributed by atoms with van der Waals surface area (Å²) in [5.74, 6) is -1.62. The molecule has 2 fully saturated rings. The molecule has 5 nitrogen and oxygen atoms in total. The van der Waals surface area contributed by atoms with Crippen molar-refractivity contribution in [3.63, 3.8) is 0 Å². The van der Waals surface area contributed by atoms with E-state index in [9.17, 15) is 14.4 Å². The third-order valence-electron chi connectivity index (χ3n) is 2.73. The van der Waals surface area contributed by atoms with Gasteiger partial charge in [0.15, 0.2) is 0 Å². The van der Waals surface area contributed by atoms with E-state index < -0.39 is 23.8 Å². The van der Waals surface area contributed by atoms with Crippen LogP contribution in [0.5, 0.6) is 0 Å². The highest BCUT2D eigenvalue weighted by Gasteiger charge is 2.54. The molecule has 0 aromatic carbocycles. The number of hydrogen-bond donors (Lipinski definition) is 2. The van der Waals surface area contributed by atoms with Crippen LogP contribution in [-0.4, -0.2) is 17.8 Å². The zero-order chi connectivity index (χ0) is 9.64. The lowest BCUT2D eigenvalue weighted by Crippen LogP contribution is -2.57. The lowest BCUT2D eigenvalue weighted by atomic mass is 9.88. The van der Waals surface area contributed by atoms with Gasteiger partial charge in [-0.25, -0.2) is 4.79 Å². The summed E-state index contributed by atoms with van der Waals surface area (Å²) in [5, 5.41) is 4.19. The van der Waals surface area contributed by atoms with Crippen molar-refractivity contribution in [2.24, 2.45) is 11.3 Å². The zero-order valence-corrected chi connectivity index (χ0v) is 7.22. The van der Waals surface area contributed by atoms with Crippen molar-refractivity contribution in [3.8, 4) is 0 Å². The van der Waals surface area contributed by atoms with Gasteiger partial charge in [0.2, 0.25) is 11.8 Å². The first-order valence-electron chi connectivity index (χ1n) is 4.19. The number of carbonyl (C=O) groups is 3. The second-order valence-corrected chi connectivity index (χ2v) is 3.89. The molecule has 1 aliphatic heterocycles. The minimum atomic E-state index is -0.712. The molecule has 2 N–H and O–H groups in total. The summed E-state index contributed by atoms with van der Waals surface area (Å²) >= 11 is 0. The molecule has 0 atom stereocenters. The molecule has 1 saturated heterocycles. The molecule has 0 spiro atoms. The Morgan fingerprint density at radius 1 is 1.15 bits per heavy atom. The van der Waals surface area contributed by atoms with Crippen LogP contribution in [0.15, 0.2) is 0 Å². The first-order chi connectivity index (χ1) is 6.03. The Morgan fingerprint density at radius 3 is 2.00 bits per heavy atom. The molecule has 4 amide bonds. The Kier molecular flexibility index (Phi) is 1.46. The van der Waals surface area contributed by atoms with E-state index in [2.05, 4.69) is 10.6 Å². The average molecular weight is 182 g/mol. The van der Waals surface area contributed by atoms with Crippen LogP contribution in [0.4, 0.5) is 4.79 Å². The SMILES string of the molecule is CC1(C2C(=O)NC(=O)NC2=O)CC1. The zero-order valence-electron chi connectivity index (χ0n) is 7.22. The number of carbonyl (C=O) groups excluding carboxylic acids is 3. The smallest absolute Gasteiger partial charge is 0.277 e. The molecule has 13 heavy (non-hydrogen) atoms. The van der Waals surface area contributed by atoms with Crippen LogP contribution < -0.4 is 10.6 Å². The quantitative estimate of drug-likeness (QED) is 0.550. The van der Waals surface area contributed by atoms with Gasteiger partial charge in [-0.2, -0.15) is 0 Å². The Labute approximate surface area is 74.9 Å². The maximum Gasteiger partial charge on any atom is 0.328 e. The van der Waals surface area contributed by atoms with Gasteiger partial charge in [-0.1, -0.05) is 6.92 Å². The summed E-state index contributed by atoms with van der Waals surface area (Å²) in [4.78, 5) is 33.3. The number of amides is 4. The largest absolute Gasteiger partial charge is 0.328 e. The summed E-state index contributed by atoms with van der Waals surface area (Å²) in [6.45, 7) is 1.88. The van der Waals surface area contributed by atoms with E-state index in [4.69, 9.17) is 0 Å². The van der Waals surface area contributed by atoms with Crippen LogP contribution in [0.25, 0.3) is 0 Å². The summed E-state index contributed by atoms with van der Waals surface area (Å²) in [6, 6.07) is -0.712. The minimum Gasteiger partial charge on any atom is -0.277 e.